The number of carbonyl (C=O) groups excluding carboxylic acids is 1. The minimum Gasteiger partial charge on any atom is -0.379 e. The minimum atomic E-state index is -0.145. The number of morpholine rings is 1. The van der Waals surface area contributed by atoms with E-state index in [1.165, 1.54) is 0 Å². The highest BCUT2D eigenvalue weighted by molar-refractivity contribution is 5.95. The van der Waals surface area contributed by atoms with Gasteiger partial charge in [0.2, 0.25) is 5.95 Å². The molecule has 0 aliphatic carbocycles. The molecule has 0 atom stereocenters. The predicted molar refractivity (Wildman–Crippen MR) is 93.8 cm³/mol. The third-order valence-electron chi connectivity index (χ3n) is 4.59. The molecule has 8 nitrogen and oxygen atoms in total. The lowest BCUT2D eigenvalue weighted by atomic mass is 10.2. The van der Waals surface area contributed by atoms with Gasteiger partial charge < -0.3 is 19.7 Å². The summed E-state index contributed by atoms with van der Waals surface area (Å²) < 4.78 is 10.6. The quantitative estimate of drug-likeness (QED) is 0.758. The fourth-order valence-electron chi connectivity index (χ4n) is 3.16. The van der Waals surface area contributed by atoms with Crippen LogP contribution in [0.25, 0.3) is 0 Å². The molecule has 0 bridgehead atoms. The fourth-order valence-corrected chi connectivity index (χ4v) is 3.16. The summed E-state index contributed by atoms with van der Waals surface area (Å²) in [7, 11) is 1.61. The third-order valence-corrected chi connectivity index (χ3v) is 4.59. The summed E-state index contributed by atoms with van der Waals surface area (Å²) in [4.78, 5) is 25.9. The lowest BCUT2D eigenvalue weighted by molar-refractivity contribution is 0.0383. The molecule has 1 amide bonds. The molecule has 8 heteroatoms. The van der Waals surface area contributed by atoms with Crippen molar-refractivity contribution in [1.29, 1.82) is 0 Å². The standard InChI is InChI=1S/C17H27N5O3/c1-24-13-15-14(12-19-17(20-15)22-5-2-3-6-22)16(23)18-4-7-21-8-10-25-11-9-21/h12H,2-11,13H2,1H3,(H,18,23). The van der Waals surface area contributed by atoms with Crippen molar-refractivity contribution in [2.45, 2.75) is 19.4 Å². The Bertz CT molecular complexity index is 571. The molecule has 0 spiro atoms. The van der Waals surface area contributed by atoms with Crippen molar-refractivity contribution >= 4 is 11.9 Å². The second-order valence-electron chi connectivity index (χ2n) is 6.37. The van der Waals surface area contributed by atoms with Gasteiger partial charge in [0.1, 0.15) is 0 Å². The zero-order valence-corrected chi connectivity index (χ0v) is 14.9. The van der Waals surface area contributed by atoms with E-state index in [9.17, 15) is 4.79 Å². The molecular weight excluding hydrogens is 322 g/mol. The highest BCUT2D eigenvalue weighted by Gasteiger charge is 2.19. The van der Waals surface area contributed by atoms with Crippen molar-refractivity contribution in [3.8, 4) is 0 Å². The second kappa shape index (κ2) is 9.07. The normalized spacial score (nSPS) is 18.5. The van der Waals surface area contributed by atoms with Gasteiger partial charge in [0.05, 0.1) is 31.1 Å². The smallest absolute Gasteiger partial charge is 0.254 e. The van der Waals surface area contributed by atoms with E-state index >= 15 is 0 Å². The van der Waals surface area contributed by atoms with E-state index in [1.807, 2.05) is 0 Å². The molecule has 3 heterocycles. The van der Waals surface area contributed by atoms with Gasteiger partial charge in [-0.05, 0) is 12.8 Å². The van der Waals surface area contributed by atoms with E-state index in [4.69, 9.17) is 9.47 Å². The Hall–Kier alpha value is -1.77. The number of rotatable bonds is 7. The molecule has 1 N–H and O–H groups in total. The summed E-state index contributed by atoms with van der Waals surface area (Å²) in [6.45, 7) is 7.01. The number of methoxy groups -OCH3 is 1. The summed E-state index contributed by atoms with van der Waals surface area (Å²) in [5.74, 6) is 0.544. The third kappa shape index (κ3) is 4.87. The molecule has 0 saturated carbocycles. The summed E-state index contributed by atoms with van der Waals surface area (Å²) in [5, 5.41) is 2.96. The Morgan fingerprint density at radius 3 is 2.76 bits per heavy atom. The number of aromatic nitrogens is 2. The second-order valence-corrected chi connectivity index (χ2v) is 6.37. The van der Waals surface area contributed by atoms with Crippen LogP contribution in [-0.4, -0.2) is 80.4 Å². The number of nitrogens with one attached hydrogen (secondary N) is 1. The van der Waals surface area contributed by atoms with Crippen LogP contribution in [0.15, 0.2) is 6.20 Å². The van der Waals surface area contributed by atoms with Gasteiger partial charge >= 0.3 is 0 Å². The zero-order valence-electron chi connectivity index (χ0n) is 14.9. The number of hydrogen-bond acceptors (Lipinski definition) is 7. The Balaban J connectivity index is 1.59. The molecule has 0 radical (unpaired) electrons. The maximum Gasteiger partial charge on any atom is 0.254 e. The van der Waals surface area contributed by atoms with Crippen LogP contribution in [0, 0.1) is 0 Å². The van der Waals surface area contributed by atoms with Gasteiger partial charge in [-0.1, -0.05) is 0 Å². The lowest BCUT2D eigenvalue weighted by Crippen LogP contribution is -2.41. The topological polar surface area (TPSA) is 79.8 Å². The molecule has 2 aliphatic rings. The summed E-state index contributed by atoms with van der Waals surface area (Å²) in [5.41, 5.74) is 1.13. The highest BCUT2D eigenvalue weighted by atomic mass is 16.5. The first-order valence-electron chi connectivity index (χ1n) is 8.96. The molecule has 2 saturated heterocycles. The Kier molecular flexibility index (Phi) is 6.55. The van der Waals surface area contributed by atoms with Crippen LogP contribution < -0.4 is 10.2 Å². The Morgan fingerprint density at radius 2 is 2.04 bits per heavy atom. The monoisotopic (exact) mass is 349 g/mol. The van der Waals surface area contributed by atoms with Gasteiger partial charge in [-0.15, -0.1) is 0 Å². The van der Waals surface area contributed by atoms with Crippen molar-refractivity contribution in [2.24, 2.45) is 0 Å². The maximum absolute atomic E-state index is 12.5. The first-order chi connectivity index (χ1) is 12.3. The van der Waals surface area contributed by atoms with Crippen LogP contribution in [0.5, 0.6) is 0 Å². The molecular formula is C17H27N5O3. The number of hydrogen-bond donors (Lipinski definition) is 1. The van der Waals surface area contributed by atoms with Crippen molar-refractivity contribution < 1.29 is 14.3 Å². The van der Waals surface area contributed by atoms with Crippen LogP contribution in [0.3, 0.4) is 0 Å². The maximum atomic E-state index is 12.5. The summed E-state index contributed by atoms with van der Waals surface area (Å²) >= 11 is 0. The average Bonchev–Trinajstić information content (AvgIpc) is 3.17. The van der Waals surface area contributed by atoms with E-state index in [0.717, 1.165) is 58.8 Å². The SMILES string of the molecule is COCc1nc(N2CCCC2)ncc1C(=O)NCCN1CCOCC1. The first-order valence-corrected chi connectivity index (χ1v) is 8.96. The van der Waals surface area contributed by atoms with E-state index in [0.29, 0.717) is 30.4 Å². The van der Waals surface area contributed by atoms with Crippen LogP contribution in [0.4, 0.5) is 5.95 Å². The van der Waals surface area contributed by atoms with E-state index in [1.54, 1.807) is 13.3 Å². The van der Waals surface area contributed by atoms with Crippen LogP contribution in [-0.2, 0) is 16.1 Å². The molecule has 2 aliphatic heterocycles. The summed E-state index contributed by atoms with van der Waals surface area (Å²) in [6.07, 6.45) is 3.94. The van der Waals surface area contributed by atoms with Gasteiger partial charge in [0.25, 0.3) is 5.91 Å². The van der Waals surface area contributed by atoms with Crippen LogP contribution in [0.2, 0.25) is 0 Å². The molecule has 0 unspecified atom stereocenters. The first kappa shape index (κ1) is 18.0. The molecule has 1 aromatic heterocycles. The van der Waals surface area contributed by atoms with E-state index in [-0.39, 0.29) is 5.91 Å². The van der Waals surface area contributed by atoms with Crippen LogP contribution >= 0.6 is 0 Å². The van der Waals surface area contributed by atoms with Gasteiger partial charge in [-0.2, -0.15) is 0 Å². The summed E-state index contributed by atoms with van der Waals surface area (Å²) in [6, 6.07) is 0. The van der Waals surface area contributed by atoms with Crippen molar-refractivity contribution in [2.75, 3.05) is 64.5 Å². The fraction of sp³-hybridized carbons (Fsp3) is 0.706. The number of amides is 1. The van der Waals surface area contributed by atoms with Crippen molar-refractivity contribution in [3.05, 3.63) is 17.5 Å². The number of anilines is 1. The van der Waals surface area contributed by atoms with Crippen molar-refractivity contribution in [3.63, 3.8) is 0 Å². The van der Waals surface area contributed by atoms with Crippen LogP contribution in [0.1, 0.15) is 28.9 Å². The lowest BCUT2D eigenvalue weighted by Gasteiger charge is -2.26. The Labute approximate surface area is 148 Å². The van der Waals surface area contributed by atoms with Gasteiger partial charge in [0, 0.05) is 52.6 Å². The largest absolute Gasteiger partial charge is 0.379 e. The predicted octanol–water partition coefficient (Wildman–Crippen LogP) is 0.285. The molecule has 3 rings (SSSR count). The Morgan fingerprint density at radius 1 is 1.28 bits per heavy atom. The van der Waals surface area contributed by atoms with Gasteiger partial charge in [0.15, 0.2) is 0 Å². The zero-order chi connectivity index (χ0) is 17.5. The molecule has 2 fully saturated rings. The highest BCUT2D eigenvalue weighted by Crippen LogP contribution is 2.17. The molecule has 1 aromatic rings. The van der Waals surface area contributed by atoms with E-state index < -0.39 is 0 Å². The molecule has 25 heavy (non-hydrogen) atoms. The van der Waals surface area contributed by atoms with Gasteiger partial charge in [-0.25, -0.2) is 9.97 Å². The molecule has 138 valence electrons. The van der Waals surface area contributed by atoms with Gasteiger partial charge in [-0.3, -0.25) is 9.69 Å². The van der Waals surface area contributed by atoms with Crippen molar-refractivity contribution in [1.82, 2.24) is 20.2 Å². The number of nitrogens with zero attached hydrogens (tertiary/aromatic N) is 4. The molecule has 0 aromatic carbocycles. The minimum absolute atomic E-state index is 0.145. The van der Waals surface area contributed by atoms with E-state index in [2.05, 4.69) is 25.1 Å². The number of carbonyl (C=O) groups is 1. The average molecular weight is 349 g/mol. The number of ether oxygens (including phenoxy) is 2.